The average molecular weight is 432 g/mol. The molecule has 30 heavy (non-hydrogen) atoms. The molecule has 0 saturated carbocycles. The second-order valence-electron chi connectivity index (χ2n) is 7.78. The number of carbonyl (C=O) groups is 1. The molecule has 2 saturated heterocycles. The average Bonchev–Trinajstić information content (AvgIpc) is 2.80. The van der Waals surface area contributed by atoms with Gasteiger partial charge in [0.1, 0.15) is 5.82 Å². The zero-order chi connectivity index (χ0) is 21.1. The summed E-state index contributed by atoms with van der Waals surface area (Å²) in [5.74, 6) is -0.486. The molecule has 2 aliphatic rings. The predicted octanol–water partition coefficient (Wildman–Crippen LogP) is 2.58. The topological polar surface area (TPSA) is 60.9 Å². The lowest BCUT2D eigenvalue weighted by Crippen LogP contribution is -2.52. The van der Waals surface area contributed by atoms with E-state index < -0.39 is 15.8 Å². The SMILES string of the molecule is O=C(C1CCN(S(=O)(=O)c2ccc(F)cc2)CC1)N1CCN(c2ccccc2)CC1. The number of piperidine rings is 1. The van der Waals surface area contributed by atoms with E-state index in [1.807, 2.05) is 23.1 Å². The van der Waals surface area contributed by atoms with E-state index in [-0.39, 0.29) is 16.7 Å². The molecular formula is C22H26FN3O3S. The van der Waals surface area contributed by atoms with Crippen LogP contribution in [-0.2, 0) is 14.8 Å². The maximum absolute atomic E-state index is 13.1. The van der Waals surface area contributed by atoms with Gasteiger partial charge in [-0.1, -0.05) is 18.2 Å². The third kappa shape index (κ3) is 4.34. The fraction of sp³-hybridized carbons (Fsp3) is 0.409. The van der Waals surface area contributed by atoms with Crippen LogP contribution in [0.5, 0.6) is 0 Å². The number of piperazine rings is 1. The number of amides is 1. The predicted molar refractivity (Wildman–Crippen MR) is 113 cm³/mol. The maximum atomic E-state index is 13.1. The van der Waals surface area contributed by atoms with Gasteiger partial charge in [0.2, 0.25) is 15.9 Å². The number of hydrogen-bond acceptors (Lipinski definition) is 4. The number of anilines is 1. The van der Waals surface area contributed by atoms with Crippen molar-refractivity contribution < 1.29 is 17.6 Å². The Morgan fingerprint density at radius 3 is 2.03 bits per heavy atom. The number of para-hydroxylation sites is 1. The zero-order valence-corrected chi connectivity index (χ0v) is 17.6. The summed E-state index contributed by atoms with van der Waals surface area (Å²) in [6.07, 6.45) is 1.02. The van der Waals surface area contributed by atoms with Crippen LogP contribution in [0.2, 0.25) is 0 Å². The van der Waals surface area contributed by atoms with Crippen LogP contribution in [0.25, 0.3) is 0 Å². The third-order valence-electron chi connectivity index (χ3n) is 5.97. The van der Waals surface area contributed by atoms with E-state index >= 15 is 0 Å². The number of carbonyl (C=O) groups excluding carboxylic acids is 1. The summed E-state index contributed by atoms with van der Waals surface area (Å²) in [4.78, 5) is 17.2. The number of sulfonamides is 1. The highest BCUT2D eigenvalue weighted by Crippen LogP contribution is 2.26. The van der Waals surface area contributed by atoms with Crippen molar-refractivity contribution in [3.05, 3.63) is 60.4 Å². The van der Waals surface area contributed by atoms with Crippen molar-refractivity contribution in [2.45, 2.75) is 17.7 Å². The van der Waals surface area contributed by atoms with Crippen LogP contribution in [0.3, 0.4) is 0 Å². The van der Waals surface area contributed by atoms with Gasteiger partial charge in [0, 0.05) is 50.9 Å². The van der Waals surface area contributed by atoms with Crippen LogP contribution in [0.1, 0.15) is 12.8 Å². The Labute approximate surface area is 176 Å². The van der Waals surface area contributed by atoms with E-state index in [0.29, 0.717) is 39.0 Å². The highest BCUT2D eigenvalue weighted by Gasteiger charge is 2.34. The molecule has 1 amide bonds. The highest BCUT2D eigenvalue weighted by atomic mass is 32.2. The zero-order valence-electron chi connectivity index (χ0n) is 16.8. The molecule has 2 aliphatic heterocycles. The summed E-state index contributed by atoms with van der Waals surface area (Å²) in [7, 11) is -3.66. The molecule has 0 atom stereocenters. The first-order valence-electron chi connectivity index (χ1n) is 10.3. The molecule has 6 nitrogen and oxygen atoms in total. The van der Waals surface area contributed by atoms with Gasteiger partial charge < -0.3 is 9.80 Å². The lowest BCUT2D eigenvalue weighted by atomic mass is 9.96. The quantitative estimate of drug-likeness (QED) is 0.747. The molecule has 0 aromatic heterocycles. The smallest absolute Gasteiger partial charge is 0.243 e. The number of nitrogens with zero attached hydrogens (tertiary/aromatic N) is 3. The van der Waals surface area contributed by atoms with Gasteiger partial charge >= 0.3 is 0 Å². The second kappa shape index (κ2) is 8.73. The number of hydrogen-bond donors (Lipinski definition) is 0. The molecule has 2 heterocycles. The summed E-state index contributed by atoms with van der Waals surface area (Å²) in [6.45, 7) is 3.57. The van der Waals surface area contributed by atoms with E-state index in [9.17, 15) is 17.6 Å². The normalized spacial score (nSPS) is 19.1. The molecule has 4 rings (SSSR count). The Morgan fingerprint density at radius 1 is 0.833 bits per heavy atom. The van der Waals surface area contributed by atoms with E-state index in [0.717, 1.165) is 25.2 Å². The van der Waals surface area contributed by atoms with Crippen LogP contribution >= 0.6 is 0 Å². The van der Waals surface area contributed by atoms with Gasteiger partial charge in [0.05, 0.1) is 4.90 Å². The van der Waals surface area contributed by atoms with Crippen LogP contribution in [0, 0.1) is 11.7 Å². The van der Waals surface area contributed by atoms with Gasteiger partial charge in [0.15, 0.2) is 0 Å². The third-order valence-corrected chi connectivity index (χ3v) is 7.88. The largest absolute Gasteiger partial charge is 0.368 e. The maximum Gasteiger partial charge on any atom is 0.243 e. The molecule has 0 bridgehead atoms. The Morgan fingerprint density at radius 2 is 1.43 bits per heavy atom. The summed E-state index contributed by atoms with van der Waals surface area (Å²) in [5, 5.41) is 0. The van der Waals surface area contributed by atoms with Gasteiger partial charge in [-0.25, -0.2) is 12.8 Å². The van der Waals surface area contributed by atoms with Crippen molar-refractivity contribution >= 4 is 21.6 Å². The van der Waals surface area contributed by atoms with Crippen LogP contribution < -0.4 is 4.90 Å². The monoisotopic (exact) mass is 431 g/mol. The first-order valence-corrected chi connectivity index (χ1v) is 11.7. The van der Waals surface area contributed by atoms with Crippen molar-refractivity contribution in [1.29, 1.82) is 0 Å². The lowest BCUT2D eigenvalue weighted by Gasteiger charge is -2.39. The summed E-state index contributed by atoms with van der Waals surface area (Å²) < 4.78 is 40.0. The molecule has 2 aromatic rings. The van der Waals surface area contributed by atoms with E-state index in [1.54, 1.807) is 0 Å². The Balaban J connectivity index is 1.31. The van der Waals surface area contributed by atoms with Gasteiger partial charge in [-0.05, 0) is 49.2 Å². The van der Waals surface area contributed by atoms with Crippen molar-refractivity contribution in [1.82, 2.24) is 9.21 Å². The Bertz CT molecular complexity index is 966. The van der Waals surface area contributed by atoms with Crippen LogP contribution in [-0.4, -0.2) is 62.8 Å². The minimum absolute atomic E-state index is 0.0886. The second-order valence-corrected chi connectivity index (χ2v) is 9.72. The van der Waals surface area contributed by atoms with Crippen molar-refractivity contribution in [2.24, 2.45) is 5.92 Å². The Kier molecular flexibility index (Phi) is 6.06. The van der Waals surface area contributed by atoms with Crippen LogP contribution in [0.15, 0.2) is 59.5 Å². The molecule has 2 aromatic carbocycles. The molecule has 0 N–H and O–H groups in total. The molecule has 8 heteroatoms. The van der Waals surface area contributed by atoms with Crippen molar-refractivity contribution in [3.8, 4) is 0 Å². The fourth-order valence-corrected chi connectivity index (χ4v) is 5.65. The van der Waals surface area contributed by atoms with Gasteiger partial charge in [-0.15, -0.1) is 0 Å². The minimum Gasteiger partial charge on any atom is -0.368 e. The molecule has 0 aliphatic carbocycles. The molecular weight excluding hydrogens is 405 g/mol. The number of benzene rings is 2. The first kappa shape index (κ1) is 20.8. The fourth-order valence-electron chi connectivity index (χ4n) is 4.18. The van der Waals surface area contributed by atoms with Crippen molar-refractivity contribution in [3.63, 3.8) is 0 Å². The van der Waals surface area contributed by atoms with E-state index in [2.05, 4.69) is 17.0 Å². The summed E-state index contributed by atoms with van der Waals surface area (Å²) >= 11 is 0. The van der Waals surface area contributed by atoms with E-state index in [1.165, 1.54) is 22.1 Å². The van der Waals surface area contributed by atoms with Crippen molar-refractivity contribution in [2.75, 3.05) is 44.2 Å². The number of halogens is 1. The summed E-state index contributed by atoms with van der Waals surface area (Å²) in [5.41, 5.74) is 1.17. The van der Waals surface area contributed by atoms with Gasteiger partial charge in [0.25, 0.3) is 0 Å². The van der Waals surface area contributed by atoms with Gasteiger partial charge in [-0.3, -0.25) is 4.79 Å². The first-order chi connectivity index (χ1) is 14.4. The van der Waals surface area contributed by atoms with E-state index in [4.69, 9.17) is 0 Å². The molecule has 0 radical (unpaired) electrons. The minimum atomic E-state index is -3.66. The summed E-state index contributed by atoms with van der Waals surface area (Å²) in [6, 6.07) is 15.1. The number of rotatable bonds is 4. The molecule has 2 fully saturated rings. The van der Waals surface area contributed by atoms with Crippen LogP contribution in [0.4, 0.5) is 10.1 Å². The standard InChI is InChI=1S/C22H26FN3O3S/c23-19-6-8-21(9-7-19)30(28,29)26-12-10-18(11-13-26)22(27)25-16-14-24(15-17-25)20-4-2-1-3-5-20/h1-9,18H,10-17H2. The van der Waals surface area contributed by atoms with Gasteiger partial charge in [-0.2, -0.15) is 4.31 Å². The highest BCUT2D eigenvalue weighted by molar-refractivity contribution is 7.89. The molecule has 0 spiro atoms. The lowest BCUT2D eigenvalue weighted by molar-refractivity contribution is -0.137. The Hall–Kier alpha value is -2.45. The molecule has 160 valence electrons. The molecule has 0 unspecified atom stereocenters.